The summed E-state index contributed by atoms with van der Waals surface area (Å²) in [6.07, 6.45) is -4.65. The van der Waals surface area contributed by atoms with Crippen LogP contribution in [-0.4, -0.2) is 9.78 Å². The van der Waals surface area contributed by atoms with Crippen molar-refractivity contribution in [2.45, 2.75) is 13.1 Å². The number of rotatable bonds is 1. The van der Waals surface area contributed by atoms with Crippen LogP contribution >= 0.6 is 11.6 Å². The number of hydrogen-bond acceptors (Lipinski definition) is 3. The van der Waals surface area contributed by atoms with Crippen molar-refractivity contribution in [1.29, 1.82) is 0 Å². The third-order valence-corrected chi connectivity index (χ3v) is 3.32. The first-order valence-corrected chi connectivity index (χ1v) is 6.20. The Morgan fingerprint density at radius 2 is 1.90 bits per heavy atom. The highest BCUT2D eigenvalue weighted by Gasteiger charge is 2.34. The number of hydrogen-bond donors (Lipinski definition) is 1. The number of aryl methyl sites for hydroxylation is 2. The summed E-state index contributed by atoms with van der Waals surface area (Å²) in [5.41, 5.74) is 4.79. The van der Waals surface area contributed by atoms with Crippen LogP contribution in [0.2, 0.25) is 5.02 Å². The van der Waals surface area contributed by atoms with Crippen LogP contribution in [0.4, 0.5) is 18.9 Å². The molecular weight excluding hydrogens is 307 g/mol. The smallest absolute Gasteiger partial charge is 0.398 e. The van der Waals surface area contributed by atoms with Gasteiger partial charge in [0.1, 0.15) is 11.4 Å². The maximum absolute atomic E-state index is 12.7. The second-order valence-electron chi connectivity index (χ2n) is 4.55. The highest BCUT2D eigenvalue weighted by Crippen LogP contribution is 2.30. The molecule has 112 valence electrons. The van der Waals surface area contributed by atoms with E-state index in [9.17, 15) is 18.0 Å². The van der Waals surface area contributed by atoms with E-state index in [1.807, 2.05) is 0 Å². The van der Waals surface area contributed by atoms with Crippen molar-refractivity contribution in [1.82, 2.24) is 9.78 Å². The zero-order valence-corrected chi connectivity index (χ0v) is 11.9. The quantitative estimate of drug-likeness (QED) is 0.822. The van der Waals surface area contributed by atoms with E-state index in [1.165, 1.54) is 12.1 Å². The average molecular weight is 318 g/mol. The zero-order valence-electron chi connectivity index (χ0n) is 11.1. The molecule has 0 aliphatic rings. The van der Waals surface area contributed by atoms with Gasteiger partial charge in [0.05, 0.1) is 10.7 Å². The molecular formula is C13H11ClF3N3O. The fourth-order valence-electron chi connectivity index (χ4n) is 1.94. The van der Waals surface area contributed by atoms with Gasteiger partial charge in [-0.3, -0.25) is 9.48 Å². The second kappa shape index (κ2) is 5.07. The van der Waals surface area contributed by atoms with Gasteiger partial charge in [-0.15, -0.1) is 0 Å². The molecule has 0 radical (unpaired) electrons. The predicted octanol–water partition coefficient (Wildman–Crippen LogP) is 3.01. The van der Waals surface area contributed by atoms with Crippen LogP contribution in [-0.2, 0) is 13.2 Å². The molecule has 0 unspecified atom stereocenters. The van der Waals surface area contributed by atoms with Crippen LogP contribution in [0.15, 0.2) is 23.0 Å². The topological polar surface area (TPSA) is 60.9 Å². The Balaban J connectivity index is 2.70. The molecule has 2 N–H and O–H groups in total. The number of aromatic nitrogens is 2. The van der Waals surface area contributed by atoms with Crippen molar-refractivity contribution < 1.29 is 13.2 Å². The third-order valence-electron chi connectivity index (χ3n) is 2.99. The Kier molecular flexibility index (Phi) is 3.71. The zero-order chi connectivity index (χ0) is 15.9. The molecule has 1 heterocycles. The molecule has 0 saturated heterocycles. The number of benzene rings is 1. The Labute approximate surface area is 123 Å². The molecule has 8 heteroatoms. The summed E-state index contributed by atoms with van der Waals surface area (Å²) in [4.78, 5) is 11.9. The Morgan fingerprint density at radius 3 is 2.48 bits per heavy atom. The third kappa shape index (κ3) is 2.87. The highest BCUT2D eigenvalue weighted by atomic mass is 35.5. The van der Waals surface area contributed by atoms with E-state index >= 15 is 0 Å². The number of alkyl halides is 3. The van der Waals surface area contributed by atoms with Gasteiger partial charge in [0.15, 0.2) is 0 Å². The Bertz CT molecular complexity index is 768. The van der Waals surface area contributed by atoms with Crippen LogP contribution in [0, 0.1) is 6.92 Å². The van der Waals surface area contributed by atoms with Gasteiger partial charge in [0.25, 0.3) is 0 Å². The number of nitrogen functional groups attached to an aromatic ring is 1. The van der Waals surface area contributed by atoms with Gasteiger partial charge >= 0.3 is 6.18 Å². The minimum absolute atomic E-state index is 0.105. The minimum Gasteiger partial charge on any atom is -0.398 e. The lowest BCUT2D eigenvalue weighted by atomic mass is 10.0. The summed E-state index contributed by atoms with van der Waals surface area (Å²) in [6.45, 7) is 1.67. The monoisotopic (exact) mass is 317 g/mol. The molecule has 2 rings (SSSR count). The molecule has 1 aromatic carbocycles. The van der Waals surface area contributed by atoms with Crippen molar-refractivity contribution >= 4 is 17.3 Å². The molecule has 0 bridgehead atoms. The molecule has 0 amide bonds. The maximum atomic E-state index is 12.7. The SMILES string of the molecule is Cc1cc(Cl)c(N)cc1-c1nn(C)c(C(F)(F)F)cc1=O. The van der Waals surface area contributed by atoms with E-state index in [1.54, 1.807) is 6.92 Å². The largest absolute Gasteiger partial charge is 0.433 e. The molecule has 21 heavy (non-hydrogen) atoms. The standard InChI is InChI=1S/C13H11ClF3N3O/c1-6-3-8(14)9(18)4-7(6)12-10(21)5-11(13(15,16)17)20(2)19-12/h3-5H,18H2,1-2H3. The van der Waals surface area contributed by atoms with Gasteiger partial charge in [-0.25, -0.2) is 0 Å². The van der Waals surface area contributed by atoms with Crippen molar-refractivity contribution in [3.8, 4) is 11.3 Å². The van der Waals surface area contributed by atoms with Crippen molar-refractivity contribution in [2.75, 3.05) is 5.73 Å². The summed E-state index contributed by atoms with van der Waals surface area (Å²) < 4.78 is 38.8. The fraction of sp³-hybridized carbons (Fsp3) is 0.231. The van der Waals surface area contributed by atoms with E-state index in [0.29, 0.717) is 26.9 Å². The molecule has 0 fully saturated rings. The Morgan fingerprint density at radius 1 is 1.29 bits per heavy atom. The molecule has 2 aromatic rings. The summed E-state index contributed by atoms with van der Waals surface area (Å²) in [7, 11) is 1.13. The first-order chi connectivity index (χ1) is 9.61. The van der Waals surface area contributed by atoms with Crippen molar-refractivity contribution in [3.63, 3.8) is 0 Å². The molecule has 0 spiro atoms. The Hall–Kier alpha value is -2.02. The van der Waals surface area contributed by atoms with Gasteiger partial charge in [-0.1, -0.05) is 11.6 Å². The van der Waals surface area contributed by atoms with E-state index in [-0.39, 0.29) is 11.4 Å². The molecule has 0 saturated carbocycles. The van der Waals surface area contributed by atoms with Gasteiger partial charge in [0, 0.05) is 18.7 Å². The van der Waals surface area contributed by atoms with Gasteiger partial charge < -0.3 is 5.73 Å². The highest BCUT2D eigenvalue weighted by molar-refractivity contribution is 6.33. The summed E-state index contributed by atoms with van der Waals surface area (Å²) >= 11 is 5.85. The second-order valence-corrected chi connectivity index (χ2v) is 4.96. The number of nitrogens with two attached hydrogens (primary N) is 1. The lowest BCUT2D eigenvalue weighted by Crippen LogP contribution is -2.22. The number of anilines is 1. The average Bonchev–Trinajstić information content (AvgIpc) is 2.35. The molecule has 1 aromatic heterocycles. The predicted molar refractivity (Wildman–Crippen MR) is 74.1 cm³/mol. The first-order valence-electron chi connectivity index (χ1n) is 5.83. The molecule has 0 aliphatic heterocycles. The maximum Gasteiger partial charge on any atom is 0.433 e. The van der Waals surface area contributed by atoms with E-state index in [0.717, 1.165) is 7.05 Å². The van der Waals surface area contributed by atoms with Crippen molar-refractivity contribution in [3.05, 3.63) is 44.7 Å². The van der Waals surface area contributed by atoms with Crippen LogP contribution < -0.4 is 11.2 Å². The fourth-order valence-corrected chi connectivity index (χ4v) is 2.15. The van der Waals surface area contributed by atoms with E-state index in [2.05, 4.69) is 5.10 Å². The molecule has 0 aliphatic carbocycles. The minimum atomic E-state index is -4.65. The van der Waals surface area contributed by atoms with Crippen LogP contribution in [0.5, 0.6) is 0 Å². The van der Waals surface area contributed by atoms with Crippen LogP contribution in [0.1, 0.15) is 11.3 Å². The van der Waals surface area contributed by atoms with Crippen LogP contribution in [0.3, 0.4) is 0 Å². The van der Waals surface area contributed by atoms with Gasteiger partial charge in [0.2, 0.25) is 5.43 Å². The normalized spacial score (nSPS) is 11.7. The van der Waals surface area contributed by atoms with E-state index < -0.39 is 17.3 Å². The molecule has 4 nitrogen and oxygen atoms in total. The van der Waals surface area contributed by atoms with Gasteiger partial charge in [-0.2, -0.15) is 18.3 Å². The van der Waals surface area contributed by atoms with E-state index in [4.69, 9.17) is 17.3 Å². The van der Waals surface area contributed by atoms with Crippen molar-refractivity contribution in [2.24, 2.45) is 7.05 Å². The number of halogens is 4. The lowest BCUT2D eigenvalue weighted by Gasteiger charge is -2.13. The lowest BCUT2D eigenvalue weighted by molar-refractivity contribution is -0.144. The van der Waals surface area contributed by atoms with Gasteiger partial charge in [-0.05, 0) is 24.6 Å². The summed E-state index contributed by atoms with van der Waals surface area (Å²) in [5, 5.41) is 4.03. The molecule has 0 atom stereocenters. The van der Waals surface area contributed by atoms with Crippen LogP contribution in [0.25, 0.3) is 11.3 Å². The number of nitrogens with zero attached hydrogens (tertiary/aromatic N) is 2. The first kappa shape index (κ1) is 15.4. The summed E-state index contributed by atoms with van der Waals surface area (Å²) in [5.74, 6) is 0. The summed E-state index contributed by atoms with van der Waals surface area (Å²) in [6, 6.07) is 3.48.